The van der Waals surface area contributed by atoms with Crippen molar-refractivity contribution in [3.63, 3.8) is 0 Å². The van der Waals surface area contributed by atoms with E-state index >= 15 is 0 Å². The van der Waals surface area contributed by atoms with Crippen LogP contribution in [0.4, 0.5) is 0 Å². The Balaban J connectivity index is 1.67. The minimum atomic E-state index is 0.350. The standard InChI is InChI=1S/C18H14N2O2/c1-13(18-10-16-4-2-3-5-17(16)22-18)20-21-12-15-8-6-14(11-19)7-9-15/h2-10H,12H2,1H3/b20-13+. The summed E-state index contributed by atoms with van der Waals surface area (Å²) in [5.41, 5.74) is 3.11. The lowest BCUT2D eigenvalue weighted by Gasteiger charge is -2.01. The van der Waals surface area contributed by atoms with Crippen molar-refractivity contribution in [2.24, 2.45) is 5.16 Å². The van der Waals surface area contributed by atoms with E-state index in [1.54, 1.807) is 12.1 Å². The van der Waals surface area contributed by atoms with Crippen LogP contribution in [0.2, 0.25) is 0 Å². The van der Waals surface area contributed by atoms with Crippen LogP contribution in [0.5, 0.6) is 0 Å². The van der Waals surface area contributed by atoms with Crippen LogP contribution >= 0.6 is 0 Å². The zero-order chi connectivity index (χ0) is 15.4. The van der Waals surface area contributed by atoms with Crippen LogP contribution in [0, 0.1) is 11.3 Å². The molecule has 108 valence electrons. The van der Waals surface area contributed by atoms with Gasteiger partial charge >= 0.3 is 0 Å². The molecule has 4 nitrogen and oxygen atoms in total. The van der Waals surface area contributed by atoms with Gasteiger partial charge in [0.15, 0.2) is 5.76 Å². The summed E-state index contributed by atoms with van der Waals surface area (Å²) in [5, 5.41) is 13.9. The summed E-state index contributed by atoms with van der Waals surface area (Å²) in [4.78, 5) is 5.35. The van der Waals surface area contributed by atoms with E-state index < -0.39 is 0 Å². The number of nitriles is 1. The maximum absolute atomic E-state index is 8.75. The van der Waals surface area contributed by atoms with Crippen molar-refractivity contribution in [2.75, 3.05) is 0 Å². The number of hydrogen-bond donors (Lipinski definition) is 0. The Labute approximate surface area is 128 Å². The number of para-hydroxylation sites is 1. The van der Waals surface area contributed by atoms with Gasteiger partial charge in [-0.15, -0.1) is 0 Å². The monoisotopic (exact) mass is 290 g/mol. The van der Waals surface area contributed by atoms with Gasteiger partial charge in [0.25, 0.3) is 0 Å². The number of nitrogens with zero attached hydrogens (tertiary/aromatic N) is 2. The van der Waals surface area contributed by atoms with Gasteiger partial charge in [-0.3, -0.25) is 0 Å². The number of rotatable bonds is 4. The van der Waals surface area contributed by atoms with E-state index in [0.717, 1.165) is 16.5 Å². The molecular weight excluding hydrogens is 276 g/mol. The van der Waals surface area contributed by atoms with Crippen LogP contribution < -0.4 is 0 Å². The van der Waals surface area contributed by atoms with Gasteiger partial charge < -0.3 is 9.25 Å². The van der Waals surface area contributed by atoms with Gasteiger partial charge in [-0.25, -0.2) is 0 Å². The Hall–Kier alpha value is -3.06. The van der Waals surface area contributed by atoms with Crippen molar-refractivity contribution in [3.8, 4) is 6.07 Å². The Bertz CT molecular complexity index is 822. The number of benzene rings is 2. The molecule has 0 saturated heterocycles. The molecule has 0 radical (unpaired) electrons. The zero-order valence-corrected chi connectivity index (χ0v) is 12.1. The van der Waals surface area contributed by atoms with Crippen LogP contribution in [0.25, 0.3) is 11.0 Å². The van der Waals surface area contributed by atoms with E-state index in [2.05, 4.69) is 11.2 Å². The minimum Gasteiger partial charge on any atom is -0.455 e. The smallest absolute Gasteiger partial charge is 0.152 e. The molecule has 0 atom stereocenters. The lowest BCUT2D eigenvalue weighted by atomic mass is 10.2. The predicted octanol–water partition coefficient (Wildman–Crippen LogP) is 4.25. The molecule has 3 rings (SSSR count). The summed E-state index contributed by atoms with van der Waals surface area (Å²) in [6.45, 7) is 2.19. The third-order valence-electron chi connectivity index (χ3n) is 3.30. The summed E-state index contributed by atoms with van der Waals surface area (Å²) in [7, 11) is 0. The Morgan fingerprint density at radius 1 is 1.18 bits per heavy atom. The molecule has 0 N–H and O–H groups in total. The third kappa shape index (κ3) is 2.99. The molecule has 1 heterocycles. The van der Waals surface area contributed by atoms with Crippen molar-refractivity contribution in [1.29, 1.82) is 5.26 Å². The maximum atomic E-state index is 8.75. The minimum absolute atomic E-state index is 0.350. The van der Waals surface area contributed by atoms with Gasteiger partial charge in [0.1, 0.15) is 17.9 Å². The Kier molecular flexibility index (Phi) is 3.88. The molecule has 1 aromatic heterocycles. The van der Waals surface area contributed by atoms with Gasteiger partial charge in [0.05, 0.1) is 11.6 Å². The SMILES string of the molecule is C/C(=N\OCc1ccc(C#N)cc1)c1cc2ccccc2o1. The van der Waals surface area contributed by atoms with Gasteiger partial charge in [-0.05, 0) is 36.8 Å². The van der Waals surface area contributed by atoms with E-state index in [-0.39, 0.29) is 0 Å². The van der Waals surface area contributed by atoms with Crippen LogP contribution in [-0.4, -0.2) is 5.71 Å². The lowest BCUT2D eigenvalue weighted by Crippen LogP contribution is -1.95. The number of oxime groups is 1. The fourth-order valence-electron chi connectivity index (χ4n) is 2.08. The fourth-order valence-corrected chi connectivity index (χ4v) is 2.08. The largest absolute Gasteiger partial charge is 0.455 e. The summed E-state index contributed by atoms with van der Waals surface area (Å²) in [6.07, 6.45) is 0. The van der Waals surface area contributed by atoms with E-state index in [9.17, 15) is 0 Å². The maximum Gasteiger partial charge on any atom is 0.152 e. The second-order valence-corrected chi connectivity index (χ2v) is 4.91. The topological polar surface area (TPSA) is 58.5 Å². The number of fused-ring (bicyclic) bond motifs is 1. The molecular formula is C18H14N2O2. The van der Waals surface area contributed by atoms with Crippen molar-refractivity contribution in [1.82, 2.24) is 0 Å². The van der Waals surface area contributed by atoms with Crippen LogP contribution in [0.15, 0.2) is 64.2 Å². The second kappa shape index (κ2) is 6.15. The van der Waals surface area contributed by atoms with Crippen LogP contribution in [0.3, 0.4) is 0 Å². The summed E-state index contributed by atoms with van der Waals surface area (Å²) < 4.78 is 5.72. The van der Waals surface area contributed by atoms with Gasteiger partial charge in [0, 0.05) is 5.39 Å². The van der Waals surface area contributed by atoms with Crippen molar-refractivity contribution in [2.45, 2.75) is 13.5 Å². The summed E-state index contributed by atoms with van der Waals surface area (Å²) in [6, 6.07) is 19.1. The van der Waals surface area contributed by atoms with Gasteiger partial charge in [0.2, 0.25) is 0 Å². The second-order valence-electron chi connectivity index (χ2n) is 4.91. The highest BCUT2D eigenvalue weighted by molar-refractivity contribution is 5.99. The van der Waals surface area contributed by atoms with Crippen LogP contribution in [-0.2, 0) is 11.4 Å². The van der Waals surface area contributed by atoms with Crippen molar-refractivity contribution < 1.29 is 9.25 Å². The molecule has 3 aromatic rings. The average molecular weight is 290 g/mol. The molecule has 0 aliphatic rings. The first-order valence-corrected chi connectivity index (χ1v) is 6.91. The first-order chi connectivity index (χ1) is 10.8. The summed E-state index contributed by atoms with van der Waals surface area (Å²) >= 11 is 0. The number of furan rings is 1. The van der Waals surface area contributed by atoms with Crippen LogP contribution in [0.1, 0.15) is 23.8 Å². The first-order valence-electron chi connectivity index (χ1n) is 6.91. The molecule has 0 aliphatic heterocycles. The van der Waals surface area contributed by atoms with E-state index in [0.29, 0.717) is 23.6 Å². The molecule has 0 bridgehead atoms. The highest BCUT2D eigenvalue weighted by atomic mass is 16.6. The molecule has 2 aromatic carbocycles. The van der Waals surface area contributed by atoms with Crippen molar-refractivity contribution in [3.05, 3.63) is 71.5 Å². The van der Waals surface area contributed by atoms with Gasteiger partial charge in [-0.1, -0.05) is 35.5 Å². The molecule has 0 amide bonds. The quantitative estimate of drug-likeness (QED) is 0.533. The molecule has 0 unspecified atom stereocenters. The molecule has 22 heavy (non-hydrogen) atoms. The van der Waals surface area contributed by atoms with Gasteiger partial charge in [-0.2, -0.15) is 5.26 Å². The highest BCUT2D eigenvalue weighted by Gasteiger charge is 2.06. The summed E-state index contributed by atoms with van der Waals surface area (Å²) in [5.74, 6) is 0.695. The lowest BCUT2D eigenvalue weighted by molar-refractivity contribution is 0.130. The Morgan fingerprint density at radius 3 is 2.68 bits per heavy atom. The Morgan fingerprint density at radius 2 is 1.95 bits per heavy atom. The predicted molar refractivity (Wildman–Crippen MR) is 84.4 cm³/mol. The number of hydrogen-bond acceptors (Lipinski definition) is 4. The highest BCUT2D eigenvalue weighted by Crippen LogP contribution is 2.19. The fraction of sp³-hybridized carbons (Fsp3) is 0.111. The normalized spacial score (nSPS) is 11.4. The zero-order valence-electron chi connectivity index (χ0n) is 12.1. The molecule has 0 aliphatic carbocycles. The van der Waals surface area contributed by atoms with E-state index in [1.165, 1.54) is 0 Å². The average Bonchev–Trinajstić information content (AvgIpc) is 2.99. The molecule has 0 fully saturated rings. The third-order valence-corrected chi connectivity index (χ3v) is 3.30. The molecule has 0 saturated carbocycles. The molecule has 0 spiro atoms. The van der Waals surface area contributed by atoms with E-state index in [1.807, 2.05) is 49.4 Å². The van der Waals surface area contributed by atoms with E-state index in [4.69, 9.17) is 14.5 Å². The molecule has 4 heteroatoms. The first kappa shape index (κ1) is 13.9. The van der Waals surface area contributed by atoms with Crippen molar-refractivity contribution >= 4 is 16.7 Å².